The predicted octanol–water partition coefficient (Wildman–Crippen LogP) is 3.05. The van der Waals surface area contributed by atoms with E-state index < -0.39 is 0 Å². The normalized spacial score (nSPS) is 12.1. The summed E-state index contributed by atoms with van der Waals surface area (Å²) >= 11 is 1.26. The molecule has 86 valence electrons. The third-order valence-corrected chi connectivity index (χ3v) is 2.96. The van der Waals surface area contributed by atoms with Crippen LogP contribution in [0.4, 0.5) is 0 Å². The summed E-state index contributed by atoms with van der Waals surface area (Å²) in [6, 6.07) is 9.96. The molecule has 17 heavy (non-hydrogen) atoms. The zero-order valence-corrected chi connectivity index (χ0v) is 10.4. The van der Waals surface area contributed by atoms with E-state index in [0.29, 0.717) is 11.1 Å². The molecule has 1 aromatic heterocycles. The van der Waals surface area contributed by atoms with Crippen LogP contribution in [-0.4, -0.2) is 15.4 Å². The van der Waals surface area contributed by atoms with Gasteiger partial charge in [0, 0.05) is 5.56 Å². The van der Waals surface area contributed by atoms with Gasteiger partial charge in [0.25, 0.3) is 5.22 Å². The Morgan fingerprint density at radius 2 is 2.24 bits per heavy atom. The summed E-state index contributed by atoms with van der Waals surface area (Å²) in [6.45, 7) is 3.80. The maximum atomic E-state index is 8.70. The molecule has 0 fully saturated rings. The first-order chi connectivity index (χ1) is 8.19. The van der Waals surface area contributed by atoms with Gasteiger partial charge in [0.05, 0.1) is 11.3 Å². The van der Waals surface area contributed by atoms with Gasteiger partial charge >= 0.3 is 0 Å². The second kappa shape index (κ2) is 5.02. The highest BCUT2D eigenvalue weighted by Gasteiger charge is 2.11. The summed E-state index contributed by atoms with van der Waals surface area (Å²) < 4.78 is 5.49. The molecule has 1 atom stereocenters. The van der Waals surface area contributed by atoms with Crippen molar-refractivity contribution in [1.82, 2.24) is 10.2 Å². The third-order valence-electron chi connectivity index (χ3n) is 2.13. The summed E-state index contributed by atoms with van der Waals surface area (Å²) in [4.78, 5) is 0. The number of aromatic nitrogens is 2. The number of hydrogen-bond donors (Lipinski definition) is 0. The van der Waals surface area contributed by atoms with Crippen molar-refractivity contribution in [2.75, 3.05) is 0 Å². The Bertz CT molecular complexity index is 559. The molecule has 0 aliphatic carbocycles. The number of aryl methyl sites for hydroxylation is 1. The monoisotopic (exact) mass is 245 g/mol. The van der Waals surface area contributed by atoms with E-state index in [1.165, 1.54) is 11.8 Å². The minimum absolute atomic E-state index is 0.194. The fourth-order valence-electron chi connectivity index (χ4n) is 1.33. The minimum atomic E-state index is -0.194. The van der Waals surface area contributed by atoms with Crippen LogP contribution in [0.1, 0.15) is 12.5 Å². The molecule has 2 rings (SSSR count). The SMILES string of the molecule is Cc1cccc(-c2nnc(S[C@H](C)C#N)o2)c1. The fraction of sp³-hybridized carbons (Fsp3) is 0.250. The molecular weight excluding hydrogens is 234 g/mol. The fourth-order valence-corrected chi connectivity index (χ4v) is 1.90. The van der Waals surface area contributed by atoms with Crippen molar-refractivity contribution >= 4 is 11.8 Å². The third kappa shape index (κ3) is 2.86. The zero-order valence-electron chi connectivity index (χ0n) is 9.54. The highest BCUT2D eigenvalue weighted by molar-refractivity contribution is 7.99. The van der Waals surface area contributed by atoms with Crippen molar-refractivity contribution in [3.63, 3.8) is 0 Å². The lowest BCUT2D eigenvalue weighted by atomic mass is 10.1. The van der Waals surface area contributed by atoms with Crippen LogP contribution in [0.25, 0.3) is 11.5 Å². The molecule has 4 nitrogen and oxygen atoms in total. The van der Waals surface area contributed by atoms with Gasteiger partial charge in [-0.15, -0.1) is 10.2 Å². The maximum Gasteiger partial charge on any atom is 0.278 e. The van der Waals surface area contributed by atoms with Crippen molar-refractivity contribution in [3.05, 3.63) is 29.8 Å². The van der Waals surface area contributed by atoms with E-state index in [-0.39, 0.29) is 5.25 Å². The van der Waals surface area contributed by atoms with Crippen LogP contribution >= 0.6 is 11.8 Å². The van der Waals surface area contributed by atoms with Gasteiger partial charge < -0.3 is 4.42 Å². The summed E-state index contributed by atoms with van der Waals surface area (Å²) in [6.07, 6.45) is 0. The lowest BCUT2D eigenvalue weighted by molar-refractivity contribution is 0.465. The molecule has 0 amide bonds. The van der Waals surface area contributed by atoms with Crippen molar-refractivity contribution in [3.8, 4) is 17.5 Å². The Balaban J connectivity index is 2.21. The molecule has 0 saturated carbocycles. The van der Waals surface area contributed by atoms with Crippen LogP contribution in [0.2, 0.25) is 0 Å². The average Bonchev–Trinajstić information content (AvgIpc) is 2.77. The van der Waals surface area contributed by atoms with E-state index in [2.05, 4.69) is 16.3 Å². The number of nitriles is 1. The molecule has 2 aromatic rings. The number of thioether (sulfide) groups is 1. The van der Waals surface area contributed by atoms with Crippen molar-refractivity contribution in [2.45, 2.75) is 24.3 Å². The van der Waals surface area contributed by atoms with Gasteiger partial charge in [-0.2, -0.15) is 5.26 Å². The Morgan fingerprint density at radius 3 is 2.94 bits per heavy atom. The molecule has 0 N–H and O–H groups in total. The molecule has 0 saturated heterocycles. The van der Waals surface area contributed by atoms with E-state index in [1.807, 2.05) is 31.2 Å². The van der Waals surface area contributed by atoms with Crippen LogP contribution < -0.4 is 0 Å². The molecule has 0 spiro atoms. The van der Waals surface area contributed by atoms with E-state index in [9.17, 15) is 0 Å². The van der Waals surface area contributed by atoms with Crippen LogP contribution in [0, 0.1) is 18.3 Å². The number of rotatable bonds is 3. The molecule has 0 unspecified atom stereocenters. The van der Waals surface area contributed by atoms with Crippen LogP contribution in [0.3, 0.4) is 0 Å². The van der Waals surface area contributed by atoms with E-state index >= 15 is 0 Å². The molecule has 5 heteroatoms. The molecule has 1 aromatic carbocycles. The lowest BCUT2D eigenvalue weighted by Crippen LogP contribution is -1.88. The number of benzene rings is 1. The number of nitrogens with zero attached hydrogens (tertiary/aromatic N) is 3. The van der Waals surface area contributed by atoms with Gasteiger partial charge in [-0.25, -0.2) is 0 Å². The first-order valence-electron chi connectivity index (χ1n) is 5.16. The van der Waals surface area contributed by atoms with E-state index in [0.717, 1.165) is 11.1 Å². The van der Waals surface area contributed by atoms with Gasteiger partial charge in [-0.3, -0.25) is 0 Å². The summed E-state index contributed by atoms with van der Waals surface area (Å²) in [7, 11) is 0. The maximum absolute atomic E-state index is 8.70. The van der Waals surface area contributed by atoms with Crippen LogP contribution in [0.15, 0.2) is 33.9 Å². The Labute approximate surface area is 104 Å². The van der Waals surface area contributed by atoms with Crippen LogP contribution in [-0.2, 0) is 0 Å². The Morgan fingerprint density at radius 1 is 1.41 bits per heavy atom. The largest absolute Gasteiger partial charge is 0.411 e. The van der Waals surface area contributed by atoms with Gasteiger partial charge in [0.2, 0.25) is 5.89 Å². The minimum Gasteiger partial charge on any atom is -0.411 e. The first kappa shape index (κ1) is 11.7. The van der Waals surface area contributed by atoms with Gasteiger partial charge in [-0.1, -0.05) is 17.7 Å². The number of hydrogen-bond acceptors (Lipinski definition) is 5. The molecule has 0 aliphatic heterocycles. The second-order valence-corrected chi connectivity index (χ2v) is 4.92. The Kier molecular flexibility index (Phi) is 3.45. The molecule has 0 radical (unpaired) electrons. The van der Waals surface area contributed by atoms with Gasteiger partial charge in [0.15, 0.2) is 0 Å². The standard InChI is InChI=1S/C12H11N3OS/c1-8-4-3-5-10(6-8)11-14-15-12(16-11)17-9(2)7-13/h3-6,9H,1-2H3/t9-/m1/s1. The van der Waals surface area contributed by atoms with Gasteiger partial charge in [-0.05, 0) is 37.7 Å². The Hall–Kier alpha value is -1.80. The smallest absolute Gasteiger partial charge is 0.278 e. The summed E-state index contributed by atoms with van der Waals surface area (Å²) in [5, 5.41) is 16.8. The predicted molar refractivity (Wildman–Crippen MR) is 65.4 cm³/mol. The van der Waals surface area contributed by atoms with Crippen LogP contribution in [0.5, 0.6) is 0 Å². The second-order valence-electron chi connectivity index (χ2n) is 3.63. The van der Waals surface area contributed by atoms with E-state index in [4.69, 9.17) is 9.68 Å². The average molecular weight is 245 g/mol. The molecule has 0 aliphatic rings. The lowest BCUT2D eigenvalue weighted by Gasteiger charge is -1.96. The quantitative estimate of drug-likeness (QED) is 0.778. The van der Waals surface area contributed by atoms with Crippen molar-refractivity contribution in [1.29, 1.82) is 5.26 Å². The molecule has 1 heterocycles. The first-order valence-corrected chi connectivity index (χ1v) is 6.04. The summed E-state index contributed by atoms with van der Waals surface area (Å²) in [5.41, 5.74) is 2.04. The topological polar surface area (TPSA) is 62.7 Å². The van der Waals surface area contributed by atoms with Crippen molar-refractivity contribution in [2.24, 2.45) is 0 Å². The highest BCUT2D eigenvalue weighted by Crippen LogP contribution is 2.25. The van der Waals surface area contributed by atoms with E-state index in [1.54, 1.807) is 6.92 Å². The zero-order chi connectivity index (χ0) is 12.3. The van der Waals surface area contributed by atoms with Gasteiger partial charge in [0.1, 0.15) is 0 Å². The summed E-state index contributed by atoms with van der Waals surface area (Å²) in [5.74, 6) is 0.487. The molecular formula is C12H11N3OS. The molecule has 0 bridgehead atoms. The van der Waals surface area contributed by atoms with Crippen molar-refractivity contribution < 1.29 is 4.42 Å². The highest BCUT2D eigenvalue weighted by atomic mass is 32.2.